The third kappa shape index (κ3) is 3.65. The summed E-state index contributed by atoms with van der Waals surface area (Å²) in [5.74, 6) is 0.509. The predicted octanol–water partition coefficient (Wildman–Crippen LogP) is 5.48. The zero-order valence-corrected chi connectivity index (χ0v) is 13.6. The zero-order chi connectivity index (χ0) is 13.8. The van der Waals surface area contributed by atoms with Crippen molar-refractivity contribution in [1.82, 2.24) is 0 Å². The minimum absolute atomic E-state index is 0.509. The number of anilines is 1. The lowest BCUT2D eigenvalue weighted by molar-refractivity contribution is 0.922. The largest absolute Gasteiger partial charge is 0.370 e. The highest BCUT2D eigenvalue weighted by Gasteiger charge is 2.07. The smallest absolute Gasteiger partial charge is 0.0485 e. The summed E-state index contributed by atoms with van der Waals surface area (Å²) >= 11 is 15.6. The van der Waals surface area contributed by atoms with Crippen molar-refractivity contribution in [2.24, 2.45) is 0 Å². The number of benzene rings is 2. The number of alkyl halides is 1. The molecule has 4 heteroatoms. The normalized spacial score (nSPS) is 10.5. The summed E-state index contributed by atoms with van der Waals surface area (Å²) in [5.41, 5.74) is 3.33. The van der Waals surface area contributed by atoms with E-state index < -0.39 is 0 Å². The van der Waals surface area contributed by atoms with Gasteiger partial charge in [-0.05, 0) is 29.3 Å². The topological polar surface area (TPSA) is 3.24 Å². The van der Waals surface area contributed by atoms with Crippen molar-refractivity contribution in [1.29, 1.82) is 0 Å². The molecule has 0 aliphatic carbocycles. The second-order valence-electron chi connectivity index (χ2n) is 4.36. The van der Waals surface area contributed by atoms with Gasteiger partial charge in [0.25, 0.3) is 0 Å². The van der Waals surface area contributed by atoms with Gasteiger partial charge in [0.05, 0.1) is 0 Å². The van der Waals surface area contributed by atoms with Gasteiger partial charge in [-0.15, -0.1) is 11.6 Å². The maximum atomic E-state index is 6.18. The SMILES string of the molecule is CN(Cc1ccccc1Cl)c1ccc(CCl)c(Br)c1. The van der Waals surface area contributed by atoms with E-state index in [9.17, 15) is 0 Å². The third-order valence-corrected chi connectivity index (χ3v) is 4.38. The van der Waals surface area contributed by atoms with Crippen LogP contribution in [-0.2, 0) is 12.4 Å². The summed E-state index contributed by atoms with van der Waals surface area (Å²) in [6.07, 6.45) is 0. The Morgan fingerprint density at radius 1 is 1.11 bits per heavy atom. The second kappa shape index (κ2) is 6.65. The molecule has 2 aromatic rings. The number of hydrogen-bond acceptors (Lipinski definition) is 1. The van der Waals surface area contributed by atoms with E-state index in [-0.39, 0.29) is 0 Å². The molecule has 0 saturated carbocycles. The fourth-order valence-electron chi connectivity index (χ4n) is 1.86. The molecular weight excluding hydrogens is 345 g/mol. The first-order chi connectivity index (χ1) is 9.11. The van der Waals surface area contributed by atoms with Crippen molar-refractivity contribution >= 4 is 44.8 Å². The van der Waals surface area contributed by atoms with Crippen LogP contribution in [0.3, 0.4) is 0 Å². The van der Waals surface area contributed by atoms with Gasteiger partial charge in [-0.3, -0.25) is 0 Å². The van der Waals surface area contributed by atoms with Gasteiger partial charge in [0.2, 0.25) is 0 Å². The quantitative estimate of drug-likeness (QED) is 0.654. The highest BCUT2D eigenvalue weighted by molar-refractivity contribution is 9.10. The average molecular weight is 359 g/mol. The van der Waals surface area contributed by atoms with Gasteiger partial charge in [0.15, 0.2) is 0 Å². The molecule has 0 atom stereocenters. The number of rotatable bonds is 4. The van der Waals surface area contributed by atoms with Crippen molar-refractivity contribution in [3.05, 3.63) is 63.1 Å². The molecule has 0 N–H and O–H groups in total. The molecule has 2 aromatic carbocycles. The van der Waals surface area contributed by atoms with Crippen LogP contribution in [0.1, 0.15) is 11.1 Å². The predicted molar refractivity (Wildman–Crippen MR) is 87.3 cm³/mol. The van der Waals surface area contributed by atoms with Gasteiger partial charge in [0.1, 0.15) is 0 Å². The minimum Gasteiger partial charge on any atom is -0.370 e. The molecule has 1 nitrogen and oxygen atoms in total. The van der Waals surface area contributed by atoms with Crippen LogP contribution in [0.4, 0.5) is 5.69 Å². The maximum Gasteiger partial charge on any atom is 0.0485 e. The molecule has 0 unspecified atom stereocenters. The Labute approximate surface area is 132 Å². The monoisotopic (exact) mass is 357 g/mol. The first kappa shape index (κ1) is 14.7. The molecule has 0 radical (unpaired) electrons. The molecule has 100 valence electrons. The van der Waals surface area contributed by atoms with Crippen LogP contribution in [0.25, 0.3) is 0 Å². The van der Waals surface area contributed by atoms with Gasteiger partial charge in [-0.25, -0.2) is 0 Å². The van der Waals surface area contributed by atoms with Crippen molar-refractivity contribution in [2.45, 2.75) is 12.4 Å². The van der Waals surface area contributed by atoms with E-state index in [1.807, 2.05) is 37.4 Å². The Bertz CT molecular complexity index is 572. The van der Waals surface area contributed by atoms with E-state index >= 15 is 0 Å². The Balaban J connectivity index is 2.18. The molecule has 2 rings (SSSR count). The number of halogens is 3. The van der Waals surface area contributed by atoms with Crippen molar-refractivity contribution in [3.63, 3.8) is 0 Å². The van der Waals surface area contributed by atoms with E-state index in [2.05, 4.69) is 33.0 Å². The van der Waals surface area contributed by atoms with Gasteiger partial charge in [0, 0.05) is 34.7 Å². The van der Waals surface area contributed by atoms with Gasteiger partial charge >= 0.3 is 0 Å². The van der Waals surface area contributed by atoms with Crippen LogP contribution in [0.15, 0.2) is 46.9 Å². The summed E-state index contributed by atoms with van der Waals surface area (Å²) in [6.45, 7) is 0.770. The molecule has 0 aliphatic heterocycles. The van der Waals surface area contributed by atoms with Crippen LogP contribution in [0, 0.1) is 0 Å². The number of nitrogens with zero attached hydrogens (tertiary/aromatic N) is 1. The maximum absolute atomic E-state index is 6.18. The summed E-state index contributed by atoms with van der Waals surface area (Å²) in [7, 11) is 2.05. The minimum atomic E-state index is 0.509. The lowest BCUT2D eigenvalue weighted by Crippen LogP contribution is -2.16. The Morgan fingerprint density at radius 2 is 1.84 bits per heavy atom. The van der Waals surface area contributed by atoms with E-state index in [1.54, 1.807) is 0 Å². The Morgan fingerprint density at radius 3 is 2.47 bits per heavy atom. The first-order valence-electron chi connectivity index (χ1n) is 5.90. The van der Waals surface area contributed by atoms with Crippen LogP contribution >= 0.6 is 39.1 Å². The van der Waals surface area contributed by atoms with Gasteiger partial charge in [-0.1, -0.05) is 51.8 Å². The Hall–Kier alpha value is -0.700. The van der Waals surface area contributed by atoms with Gasteiger partial charge < -0.3 is 4.90 Å². The van der Waals surface area contributed by atoms with Crippen molar-refractivity contribution < 1.29 is 0 Å². The lowest BCUT2D eigenvalue weighted by atomic mass is 10.2. The fourth-order valence-corrected chi connectivity index (χ4v) is 2.95. The average Bonchev–Trinajstić information content (AvgIpc) is 2.41. The molecule has 0 aliphatic rings. The van der Waals surface area contributed by atoms with E-state index in [0.717, 1.165) is 32.9 Å². The van der Waals surface area contributed by atoms with Crippen molar-refractivity contribution in [3.8, 4) is 0 Å². The fraction of sp³-hybridized carbons (Fsp3) is 0.200. The standard InChI is InChI=1S/C15H14BrCl2N/c1-19(10-12-4-2-3-5-15(12)18)13-7-6-11(9-17)14(16)8-13/h2-8H,9-10H2,1H3. The van der Waals surface area contributed by atoms with Crippen molar-refractivity contribution in [2.75, 3.05) is 11.9 Å². The zero-order valence-electron chi connectivity index (χ0n) is 10.5. The van der Waals surface area contributed by atoms with Crippen LogP contribution in [-0.4, -0.2) is 7.05 Å². The number of hydrogen-bond donors (Lipinski definition) is 0. The first-order valence-corrected chi connectivity index (χ1v) is 7.61. The molecule has 0 aromatic heterocycles. The van der Waals surface area contributed by atoms with Crippen LogP contribution < -0.4 is 4.90 Å². The van der Waals surface area contributed by atoms with E-state index in [1.165, 1.54) is 0 Å². The summed E-state index contributed by atoms with van der Waals surface area (Å²) in [5, 5.41) is 0.797. The van der Waals surface area contributed by atoms with E-state index in [4.69, 9.17) is 23.2 Å². The molecule has 0 fully saturated rings. The van der Waals surface area contributed by atoms with Crippen LogP contribution in [0.5, 0.6) is 0 Å². The second-order valence-corrected chi connectivity index (χ2v) is 5.89. The molecule has 19 heavy (non-hydrogen) atoms. The highest BCUT2D eigenvalue weighted by atomic mass is 79.9. The highest BCUT2D eigenvalue weighted by Crippen LogP contribution is 2.26. The summed E-state index contributed by atoms with van der Waals surface area (Å²) in [6, 6.07) is 14.1. The van der Waals surface area contributed by atoms with E-state index in [0.29, 0.717) is 5.88 Å². The molecule has 0 amide bonds. The third-order valence-electron chi connectivity index (χ3n) is 2.99. The molecular formula is C15H14BrCl2N. The lowest BCUT2D eigenvalue weighted by Gasteiger charge is -2.21. The molecule has 0 spiro atoms. The molecule has 0 saturated heterocycles. The Kier molecular flexibility index (Phi) is 5.14. The van der Waals surface area contributed by atoms with Gasteiger partial charge in [-0.2, -0.15) is 0 Å². The van der Waals surface area contributed by atoms with Crippen LogP contribution in [0.2, 0.25) is 5.02 Å². The summed E-state index contributed by atoms with van der Waals surface area (Å²) < 4.78 is 1.03. The summed E-state index contributed by atoms with van der Waals surface area (Å²) in [4.78, 5) is 2.16. The molecule has 0 bridgehead atoms. The molecule has 0 heterocycles.